The van der Waals surface area contributed by atoms with Gasteiger partial charge >= 0.3 is 17.5 Å². The number of benzene rings is 2. The maximum Gasteiger partial charge on any atom is 0.475 e. The third-order valence-electron chi connectivity index (χ3n) is 4.35. The first-order valence-corrected chi connectivity index (χ1v) is 9.28. The van der Waals surface area contributed by atoms with Crippen LogP contribution in [-0.4, -0.2) is 22.3 Å². The predicted octanol–water partition coefficient (Wildman–Crippen LogP) is 6.07. The molecule has 2 aromatic carbocycles. The molecule has 11 heteroatoms. The maximum atomic E-state index is 13.4. The smallest absolute Gasteiger partial charge is 0.426 e. The van der Waals surface area contributed by atoms with Gasteiger partial charge in [-0.15, -0.1) is 0 Å². The number of hydrogen-bond donors (Lipinski definition) is 1. The van der Waals surface area contributed by atoms with Crippen molar-refractivity contribution < 1.29 is 45.4 Å². The predicted molar refractivity (Wildman–Crippen MR) is 92.8 cm³/mol. The highest BCUT2D eigenvalue weighted by molar-refractivity contribution is 8.00. The minimum absolute atomic E-state index is 0.123. The van der Waals surface area contributed by atoms with Gasteiger partial charge in [-0.25, -0.2) is 0 Å². The Bertz CT molecular complexity index is 959. The largest absolute Gasteiger partial charge is 0.475 e. The van der Waals surface area contributed by atoms with Gasteiger partial charge < -0.3 is 9.84 Å². The van der Waals surface area contributed by atoms with Crippen molar-refractivity contribution in [1.29, 1.82) is 0 Å². The van der Waals surface area contributed by atoms with Gasteiger partial charge in [0.1, 0.15) is 5.75 Å². The third kappa shape index (κ3) is 4.41. The molecule has 162 valence electrons. The van der Waals surface area contributed by atoms with E-state index in [0.29, 0.717) is 0 Å². The van der Waals surface area contributed by atoms with E-state index < -0.39 is 64.5 Å². The molecule has 0 amide bonds. The Labute approximate surface area is 169 Å². The lowest BCUT2D eigenvalue weighted by Crippen LogP contribution is -2.45. The van der Waals surface area contributed by atoms with Crippen molar-refractivity contribution in [2.75, 3.05) is 0 Å². The summed E-state index contributed by atoms with van der Waals surface area (Å²) in [4.78, 5) is 11.9. The van der Waals surface area contributed by atoms with E-state index in [2.05, 4.69) is 4.74 Å². The summed E-state index contributed by atoms with van der Waals surface area (Å²) in [6, 6.07) is 7.33. The van der Waals surface area contributed by atoms with Gasteiger partial charge in [0.25, 0.3) is 0 Å². The van der Waals surface area contributed by atoms with Gasteiger partial charge in [0.2, 0.25) is 0 Å². The molecule has 1 atom stereocenters. The van der Waals surface area contributed by atoms with Gasteiger partial charge in [-0.2, -0.15) is 30.7 Å². The first-order chi connectivity index (χ1) is 13.8. The van der Waals surface area contributed by atoms with Crippen molar-refractivity contribution in [3.8, 4) is 5.75 Å². The Morgan fingerprint density at radius 1 is 1.10 bits per heavy atom. The standard InChI is InChI=1S/C19H13F7O3S/c20-17(21,22)12-4-2-1-3-11(12)14(28)7-6-13(27)10-5-8-15-16(9-10)30-19(25,26)18(23,24)29-15/h1-5,8-9,14,28H,6-7H2. The van der Waals surface area contributed by atoms with Crippen LogP contribution in [0.1, 0.15) is 40.4 Å². The molecule has 1 aliphatic rings. The molecule has 2 aromatic rings. The molecule has 0 aliphatic carbocycles. The van der Waals surface area contributed by atoms with Crippen LogP contribution < -0.4 is 4.74 Å². The Morgan fingerprint density at radius 3 is 2.43 bits per heavy atom. The lowest BCUT2D eigenvalue weighted by atomic mass is 9.96. The number of hydrogen-bond acceptors (Lipinski definition) is 4. The van der Waals surface area contributed by atoms with Gasteiger partial charge in [0, 0.05) is 12.0 Å². The Morgan fingerprint density at radius 2 is 1.77 bits per heavy atom. The average molecular weight is 454 g/mol. The summed E-state index contributed by atoms with van der Waals surface area (Å²) < 4.78 is 96.5. The Balaban J connectivity index is 1.73. The van der Waals surface area contributed by atoms with Gasteiger partial charge in [0.05, 0.1) is 16.6 Å². The number of rotatable bonds is 5. The zero-order valence-corrected chi connectivity index (χ0v) is 15.7. The summed E-state index contributed by atoms with van der Waals surface area (Å²) in [6.45, 7) is 0. The second-order valence-electron chi connectivity index (χ2n) is 6.46. The molecule has 1 heterocycles. The van der Waals surface area contributed by atoms with Crippen molar-refractivity contribution in [2.45, 2.75) is 41.4 Å². The van der Waals surface area contributed by atoms with Gasteiger partial charge in [-0.3, -0.25) is 4.79 Å². The molecular formula is C19H13F7O3S. The van der Waals surface area contributed by atoms with Crippen molar-refractivity contribution in [2.24, 2.45) is 0 Å². The number of carbonyl (C=O) groups excluding carboxylic acids is 1. The molecule has 1 N–H and O–H groups in total. The minimum Gasteiger partial charge on any atom is -0.426 e. The van der Waals surface area contributed by atoms with E-state index in [4.69, 9.17) is 0 Å². The lowest BCUT2D eigenvalue weighted by Gasteiger charge is -2.31. The average Bonchev–Trinajstić information content (AvgIpc) is 2.65. The van der Waals surface area contributed by atoms with E-state index in [0.717, 1.165) is 36.4 Å². The summed E-state index contributed by atoms with van der Waals surface area (Å²) in [5, 5.41) is 5.58. The summed E-state index contributed by atoms with van der Waals surface area (Å²) in [7, 11) is 0. The van der Waals surface area contributed by atoms with Gasteiger partial charge in [-0.05, 0) is 48.0 Å². The number of Topliss-reactive ketones (excluding diaryl/α,β-unsaturated/α-hetero) is 1. The lowest BCUT2D eigenvalue weighted by molar-refractivity contribution is -0.273. The number of aliphatic hydroxyl groups excluding tert-OH is 1. The fraction of sp³-hybridized carbons (Fsp3) is 0.316. The Hall–Kier alpha value is -2.27. The number of alkyl halides is 7. The van der Waals surface area contributed by atoms with Gasteiger partial charge in [0.15, 0.2) is 5.78 Å². The molecule has 30 heavy (non-hydrogen) atoms. The molecule has 0 saturated heterocycles. The normalized spacial score (nSPS) is 18.3. The molecule has 1 aliphatic heterocycles. The van der Waals surface area contributed by atoms with Crippen molar-refractivity contribution >= 4 is 17.5 Å². The van der Waals surface area contributed by atoms with E-state index in [1.807, 2.05) is 0 Å². The van der Waals surface area contributed by atoms with Crippen LogP contribution in [0.2, 0.25) is 0 Å². The van der Waals surface area contributed by atoms with Crippen LogP contribution >= 0.6 is 11.8 Å². The summed E-state index contributed by atoms with van der Waals surface area (Å²) in [6.07, 6.45) is -11.8. The molecule has 0 saturated carbocycles. The van der Waals surface area contributed by atoms with Crippen LogP contribution in [0.5, 0.6) is 5.75 Å². The fourth-order valence-electron chi connectivity index (χ4n) is 2.85. The second-order valence-corrected chi connectivity index (χ2v) is 7.62. The SMILES string of the molecule is O=C(CCC(O)c1ccccc1C(F)(F)F)c1ccc2c(c1)SC(F)(F)C(F)(F)O2. The molecule has 0 fully saturated rings. The van der Waals surface area contributed by atoms with Crippen molar-refractivity contribution in [3.63, 3.8) is 0 Å². The number of fused-ring (bicyclic) bond motifs is 1. The van der Waals surface area contributed by atoms with E-state index in [9.17, 15) is 40.6 Å². The highest BCUT2D eigenvalue weighted by Gasteiger charge is 2.63. The number of carbonyl (C=O) groups is 1. The van der Waals surface area contributed by atoms with E-state index in [-0.39, 0.29) is 16.9 Å². The second kappa shape index (κ2) is 7.77. The summed E-state index contributed by atoms with van der Waals surface area (Å²) in [5.74, 6) is -1.19. The molecule has 0 aromatic heterocycles. The molecule has 3 nitrogen and oxygen atoms in total. The third-order valence-corrected chi connectivity index (χ3v) is 5.38. The van der Waals surface area contributed by atoms with Crippen LogP contribution in [-0.2, 0) is 6.18 Å². The summed E-state index contributed by atoms with van der Waals surface area (Å²) in [5.41, 5.74) is -1.55. The Kier molecular flexibility index (Phi) is 5.80. The topological polar surface area (TPSA) is 46.5 Å². The van der Waals surface area contributed by atoms with E-state index >= 15 is 0 Å². The molecule has 3 rings (SSSR count). The van der Waals surface area contributed by atoms with Crippen LogP contribution in [0.15, 0.2) is 47.4 Å². The number of ether oxygens (including phenoxy) is 1. The molecule has 0 spiro atoms. The molecule has 0 radical (unpaired) electrons. The first kappa shape index (κ1) is 22.4. The maximum absolute atomic E-state index is 13.4. The number of thioether (sulfide) groups is 1. The first-order valence-electron chi connectivity index (χ1n) is 8.47. The van der Waals surface area contributed by atoms with Crippen molar-refractivity contribution in [1.82, 2.24) is 0 Å². The van der Waals surface area contributed by atoms with E-state index in [1.54, 1.807) is 0 Å². The summed E-state index contributed by atoms with van der Waals surface area (Å²) >= 11 is -0.456. The van der Waals surface area contributed by atoms with Crippen LogP contribution in [0.4, 0.5) is 30.7 Å². The number of halogens is 7. The monoisotopic (exact) mass is 454 g/mol. The number of ketones is 1. The molecule has 0 bridgehead atoms. The van der Waals surface area contributed by atoms with Gasteiger partial charge in [-0.1, -0.05) is 18.2 Å². The zero-order valence-electron chi connectivity index (χ0n) is 14.9. The van der Waals surface area contributed by atoms with Crippen LogP contribution in [0.25, 0.3) is 0 Å². The fourth-order valence-corrected chi connectivity index (χ4v) is 3.69. The van der Waals surface area contributed by atoms with Crippen LogP contribution in [0.3, 0.4) is 0 Å². The molecular weight excluding hydrogens is 441 g/mol. The van der Waals surface area contributed by atoms with E-state index in [1.165, 1.54) is 6.07 Å². The van der Waals surface area contributed by atoms with Crippen LogP contribution in [0, 0.1) is 0 Å². The van der Waals surface area contributed by atoms with Crippen molar-refractivity contribution in [3.05, 3.63) is 59.2 Å². The number of aliphatic hydroxyl groups is 1. The highest BCUT2D eigenvalue weighted by Crippen LogP contribution is 2.54. The quantitative estimate of drug-likeness (QED) is 0.440. The highest BCUT2D eigenvalue weighted by atomic mass is 32.2. The zero-order chi connectivity index (χ0) is 22.3. The minimum atomic E-state index is -4.72. The molecule has 1 unspecified atom stereocenters.